The summed E-state index contributed by atoms with van der Waals surface area (Å²) in [7, 11) is -2.46. The van der Waals surface area contributed by atoms with Gasteiger partial charge in [-0.25, -0.2) is 8.42 Å². The van der Waals surface area contributed by atoms with Crippen molar-refractivity contribution in [1.82, 2.24) is 0 Å². The van der Waals surface area contributed by atoms with Crippen molar-refractivity contribution < 1.29 is 17.6 Å². The minimum atomic E-state index is -3.97. The summed E-state index contributed by atoms with van der Waals surface area (Å²) in [4.78, 5) is -0.439. The predicted molar refractivity (Wildman–Crippen MR) is 95.0 cm³/mol. The molecule has 0 aliphatic rings. The highest BCUT2D eigenvalue weighted by Crippen LogP contribution is 2.30. The number of fused-ring (bicyclic) bond motifs is 1. The Morgan fingerprint density at radius 2 is 1.96 bits per heavy atom. The number of ether oxygens (including phenoxy) is 1. The molecule has 0 N–H and O–H groups in total. The zero-order valence-corrected chi connectivity index (χ0v) is 14.6. The fraction of sp³-hybridized carbons (Fsp3) is 0.0556. The second-order valence-electron chi connectivity index (χ2n) is 5.11. The number of hydrogen-bond donors (Lipinski definition) is 0. The van der Waals surface area contributed by atoms with Gasteiger partial charge in [-0.15, -0.1) is 0 Å². The van der Waals surface area contributed by atoms with E-state index in [1.165, 1.54) is 37.5 Å². The fourth-order valence-electron chi connectivity index (χ4n) is 2.33. The number of methoxy groups -OCH3 is 1. The van der Waals surface area contributed by atoms with Crippen molar-refractivity contribution in [3.8, 4) is 11.8 Å². The lowest BCUT2D eigenvalue weighted by atomic mass is 10.2. The molecule has 0 amide bonds. The van der Waals surface area contributed by atoms with Crippen LogP contribution in [0.15, 0.2) is 62.7 Å². The van der Waals surface area contributed by atoms with Gasteiger partial charge in [-0.2, -0.15) is 5.26 Å². The smallest absolute Gasteiger partial charge is 0.216 e. The van der Waals surface area contributed by atoms with Crippen molar-refractivity contribution in [3.05, 3.63) is 64.2 Å². The van der Waals surface area contributed by atoms with E-state index in [4.69, 9.17) is 20.8 Å². The van der Waals surface area contributed by atoms with Crippen LogP contribution in [0, 0.1) is 11.3 Å². The number of furan rings is 1. The molecule has 1 heterocycles. The Balaban J connectivity index is 2.09. The molecule has 0 unspecified atom stereocenters. The molecular formula is C18H12ClNO4S. The van der Waals surface area contributed by atoms with Gasteiger partial charge in [0.2, 0.25) is 9.84 Å². The second-order valence-corrected chi connectivity index (χ2v) is 7.46. The van der Waals surface area contributed by atoms with Crippen LogP contribution in [0.2, 0.25) is 5.02 Å². The molecule has 0 aliphatic heterocycles. The zero-order valence-electron chi connectivity index (χ0n) is 13.1. The summed E-state index contributed by atoms with van der Waals surface area (Å²) in [6.07, 6.45) is 1.20. The monoisotopic (exact) mass is 373 g/mol. The Bertz CT molecular complexity index is 1110. The highest BCUT2D eigenvalue weighted by atomic mass is 35.5. The van der Waals surface area contributed by atoms with Crippen LogP contribution in [0.4, 0.5) is 0 Å². The lowest BCUT2D eigenvalue weighted by Gasteiger charge is -2.02. The molecule has 25 heavy (non-hydrogen) atoms. The van der Waals surface area contributed by atoms with E-state index in [0.717, 1.165) is 5.39 Å². The third kappa shape index (κ3) is 3.25. The second kappa shape index (κ2) is 6.63. The number of benzene rings is 2. The van der Waals surface area contributed by atoms with Crippen LogP contribution in [-0.4, -0.2) is 15.5 Å². The lowest BCUT2D eigenvalue weighted by Crippen LogP contribution is -2.03. The number of nitrogens with zero attached hydrogens (tertiary/aromatic N) is 1. The molecule has 2 aromatic carbocycles. The van der Waals surface area contributed by atoms with Crippen LogP contribution < -0.4 is 4.74 Å². The van der Waals surface area contributed by atoms with Crippen molar-refractivity contribution >= 4 is 38.5 Å². The summed E-state index contributed by atoms with van der Waals surface area (Å²) in [6.45, 7) is 0. The molecule has 0 fully saturated rings. The van der Waals surface area contributed by atoms with E-state index >= 15 is 0 Å². The molecule has 0 saturated heterocycles. The van der Waals surface area contributed by atoms with E-state index in [0.29, 0.717) is 16.4 Å². The van der Waals surface area contributed by atoms with E-state index in [2.05, 4.69) is 0 Å². The number of allylic oxidation sites excluding steroid dienone is 1. The van der Waals surface area contributed by atoms with Gasteiger partial charge < -0.3 is 9.15 Å². The van der Waals surface area contributed by atoms with Crippen molar-refractivity contribution in [2.75, 3.05) is 7.11 Å². The maximum atomic E-state index is 12.6. The van der Waals surface area contributed by atoms with Crippen molar-refractivity contribution in [1.29, 1.82) is 5.26 Å². The molecule has 1 aromatic heterocycles. The van der Waals surface area contributed by atoms with E-state index in [9.17, 15) is 13.7 Å². The zero-order chi connectivity index (χ0) is 18.0. The number of nitriles is 1. The Morgan fingerprint density at radius 3 is 2.60 bits per heavy atom. The minimum absolute atomic E-state index is 0.0154. The Morgan fingerprint density at radius 1 is 1.24 bits per heavy atom. The molecular weight excluding hydrogens is 362 g/mol. The van der Waals surface area contributed by atoms with Crippen molar-refractivity contribution in [3.63, 3.8) is 0 Å². The minimum Gasteiger partial charge on any atom is -0.493 e. The largest absolute Gasteiger partial charge is 0.493 e. The summed E-state index contributed by atoms with van der Waals surface area (Å²) >= 11 is 5.78. The van der Waals surface area contributed by atoms with E-state index in [1.807, 2.05) is 0 Å². The number of halogens is 1. The lowest BCUT2D eigenvalue weighted by molar-refractivity contribution is 0.410. The number of rotatable bonds is 4. The Hall–Kier alpha value is -2.75. The molecule has 3 rings (SSSR count). The van der Waals surface area contributed by atoms with Crippen LogP contribution in [0.25, 0.3) is 17.0 Å². The molecule has 0 aliphatic carbocycles. The average molecular weight is 374 g/mol. The SMILES string of the molecule is COc1cccc2cc(/C=C(\C#N)S(=O)(=O)c3ccc(Cl)cc3)oc12. The van der Waals surface area contributed by atoms with Crippen LogP contribution in [0.5, 0.6) is 5.75 Å². The summed E-state index contributed by atoms with van der Waals surface area (Å²) < 4.78 is 36.1. The molecule has 7 heteroatoms. The predicted octanol–water partition coefficient (Wildman–Crippen LogP) is 4.43. The molecule has 126 valence electrons. The van der Waals surface area contributed by atoms with Crippen molar-refractivity contribution in [2.45, 2.75) is 4.90 Å². The molecule has 3 aromatic rings. The average Bonchev–Trinajstić information content (AvgIpc) is 3.02. The summed E-state index contributed by atoms with van der Waals surface area (Å²) in [5, 5.41) is 10.5. The van der Waals surface area contributed by atoms with Gasteiger partial charge in [0.15, 0.2) is 16.2 Å². The first-order chi connectivity index (χ1) is 12.0. The molecule has 0 radical (unpaired) electrons. The molecule has 0 spiro atoms. The van der Waals surface area contributed by atoms with E-state index in [1.54, 1.807) is 30.3 Å². The number of sulfone groups is 1. The molecule has 0 atom stereocenters. The highest BCUT2D eigenvalue weighted by molar-refractivity contribution is 7.95. The molecule has 5 nitrogen and oxygen atoms in total. The topological polar surface area (TPSA) is 80.3 Å². The van der Waals surface area contributed by atoms with Crippen LogP contribution in [0.3, 0.4) is 0 Å². The Labute approximate surface area is 149 Å². The van der Waals surface area contributed by atoms with E-state index < -0.39 is 14.7 Å². The quantitative estimate of drug-likeness (QED) is 0.632. The third-order valence-electron chi connectivity index (χ3n) is 3.54. The van der Waals surface area contributed by atoms with Gasteiger partial charge in [0.1, 0.15) is 11.8 Å². The number of para-hydroxylation sites is 1. The van der Waals surface area contributed by atoms with Gasteiger partial charge in [0, 0.05) is 16.5 Å². The fourth-order valence-corrected chi connectivity index (χ4v) is 3.59. The first kappa shape index (κ1) is 17.1. The standard InChI is InChI=1S/C18H12ClNO4S/c1-23-17-4-2-3-12-9-14(24-18(12)17)10-16(11-20)25(21,22)15-7-5-13(19)6-8-15/h2-10H,1H3/b16-10+. The summed E-state index contributed by atoms with van der Waals surface area (Å²) in [5.41, 5.74) is 0.484. The maximum Gasteiger partial charge on any atom is 0.216 e. The van der Waals surface area contributed by atoms with Gasteiger partial charge in [-0.1, -0.05) is 23.7 Å². The van der Waals surface area contributed by atoms with Crippen LogP contribution in [-0.2, 0) is 9.84 Å². The first-order valence-corrected chi connectivity index (χ1v) is 9.01. The Kier molecular flexibility index (Phi) is 4.53. The van der Waals surface area contributed by atoms with Gasteiger partial charge in [-0.3, -0.25) is 0 Å². The normalized spacial score (nSPS) is 12.1. The summed E-state index contributed by atoms with van der Waals surface area (Å²) in [6, 6.07) is 14.3. The van der Waals surface area contributed by atoms with Crippen molar-refractivity contribution in [2.24, 2.45) is 0 Å². The van der Waals surface area contributed by atoms with E-state index in [-0.39, 0.29) is 10.7 Å². The van der Waals surface area contributed by atoms with Gasteiger partial charge >= 0.3 is 0 Å². The van der Waals surface area contributed by atoms with Crippen LogP contribution in [0.1, 0.15) is 5.76 Å². The van der Waals surface area contributed by atoms with Crippen LogP contribution >= 0.6 is 11.6 Å². The maximum absolute atomic E-state index is 12.6. The summed E-state index contributed by atoms with van der Waals surface area (Å²) in [5.74, 6) is 0.768. The number of hydrogen-bond acceptors (Lipinski definition) is 5. The first-order valence-electron chi connectivity index (χ1n) is 7.14. The highest BCUT2D eigenvalue weighted by Gasteiger charge is 2.21. The third-order valence-corrected chi connectivity index (χ3v) is 5.48. The molecule has 0 saturated carbocycles. The van der Waals surface area contributed by atoms with Gasteiger partial charge in [0.05, 0.1) is 12.0 Å². The van der Waals surface area contributed by atoms with Gasteiger partial charge in [0.25, 0.3) is 0 Å². The van der Waals surface area contributed by atoms with Gasteiger partial charge in [-0.05, 0) is 36.4 Å². The molecule has 0 bridgehead atoms.